The summed E-state index contributed by atoms with van der Waals surface area (Å²) in [5.41, 5.74) is -0.887. The molecule has 0 aromatic carbocycles. The Morgan fingerprint density at radius 3 is 2.47 bits per heavy atom. The Morgan fingerprint density at radius 2 is 2.12 bits per heavy atom. The van der Waals surface area contributed by atoms with Gasteiger partial charge in [0.15, 0.2) is 0 Å². The van der Waals surface area contributed by atoms with Crippen LogP contribution in [0.3, 0.4) is 0 Å². The average molecular weight is 281 g/mol. The molecule has 1 atom stereocenters. The highest BCUT2D eigenvalue weighted by Gasteiger charge is 2.49. The molecule has 0 bridgehead atoms. The smallest absolute Gasteiger partial charge is 0.325 e. The normalized spacial score (nSPS) is 19.9. The van der Waals surface area contributed by atoms with Gasteiger partial charge < -0.3 is 10.4 Å². The number of nitrogens with one attached hydrogen (secondary N) is 1. The second-order valence-electron chi connectivity index (χ2n) is 4.48. The molecule has 5 nitrogen and oxygen atoms in total. The van der Waals surface area contributed by atoms with Crippen molar-refractivity contribution in [1.82, 2.24) is 5.32 Å². The maximum atomic E-state index is 11.3. The van der Waals surface area contributed by atoms with Gasteiger partial charge in [0.1, 0.15) is 15.4 Å². The van der Waals surface area contributed by atoms with Crippen LogP contribution in [0.2, 0.25) is 0 Å². The van der Waals surface area contributed by atoms with E-state index in [1.807, 2.05) is 0 Å². The Hall–Kier alpha value is -0.270. The number of thioether (sulfide) groups is 1. The Morgan fingerprint density at radius 1 is 1.53 bits per heavy atom. The van der Waals surface area contributed by atoms with Crippen LogP contribution < -0.4 is 5.32 Å². The summed E-state index contributed by atoms with van der Waals surface area (Å²) in [6, 6.07) is 0. The molecule has 100 valence electrons. The molecular weight excluding hydrogens is 262 g/mol. The second-order valence-corrected chi connectivity index (χ2v) is 7.85. The molecule has 7 heteroatoms. The number of carbonyl (C=O) groups is 1. The van der Waals surface area contributed by atoms with E-state index in [2.05, 4.69) is 5.32 Å². The molecule has 17 heavy (non-hydrogen) atoms. The summed E-state index contributed by atoms with van der Waals surface area (Å²) >= 11 is 1.39. The first kappa shape index (κ1) is 14.8. The van der Waals surface area contributed by atoms with Crippen molar-refractivity contribution in [2.24, 2.45) is 5.92 Å². The van der Waals surface area contributed by atoms with Gasteiger partial charge in [-0.1, -0.05) is 0 Å². The van der Waals surface area contributed by atoms with Crippen molar-refractivity contribution in [2.45, 2.75) is 18.4 Å². The minimum atomic E-state index is -2.96. The SMILES string of the molecule is CNC(CSCCS(C)(=O)=O)(C(=O)O)C1CC1. The Kier molecular flexibility index (Phi) is 4.86. The fourth-order valence-corrected chi connectivity index (χ4v) is 4.41. The summed E-state index contributed by atoms with van der Waals surface area (Å²) in [5, 5.41) is 12.2. The van der Waals surface area contributed by atoms with Gasteiger partial charge in [-0.15, -0.1) is 0 Å². The molecule has 1 aliphatic rings. The number of likely N-dealkylation sites (N-methyl/N-ethyl adjacent to an activating group) is 1. The highest BCUT2D eigenvalue weighted by atomic mass is 32.2. The van der Waals surface area contributed by atoms with Crippen LogP contribution in [0.25, 0.3) is 0 Å². The van der Waals surface area contributed by atoms with Crippen LogP contribution in [-0.2, 0) is 14.6 Å². The van der Waals surface area contributed by atoms with E-state index in [1.165, 1.54) is 18.0 Å². The van der Waals surface area contributed by atoms with Gasteiger partial charge in [0.25, 0.3) is 0 Å². The Bertz CT molecular complexity index is 378. The average Bonchev–Trinajstić information content (AvgIpc) is 3.00. The topological polar surface area (TPSA) is 83.5 Å². The molecule has 1 rings (SSSR count). The summed E-state index contributed by atoms with van der Waals surface area (Å²) < 4.78 is 21.9. The number of sulfone groups is 1. The van der Waals surface area contributed by atoms with Gasteiger partial charge in [0.2, 0.25) is 0 Å². The van der Waals surface area contributed by atoms with Crippen LogP contribution in [0.1, 0.15) is 12.8 Å². The van der Waals surface area contributed by atoms with E-state index in [9.17, 15) is 18.3 Å². The van der Waals surface area contributed by atoms with Crippen molar-refractivity contribution in [1.29, 1.82) is 0 Å². The van der Waals surface area contributed by atoms with Crippen LogP contribution in [0.15, 0.2) is 0 Å². The lowest BCUT2D eigenvalue weighted by Crippen LogP contribution is -2.54. The number of carboxylic acid groups (broad SMARTS) is 1. The summed E-state index contributed by atoms with van der Waals surface area (Å²) in [7, 11) is -1.31. The summed E-state index contributed by atoms with van der Waals surface area (Å²) in [5.74, 6) is 0.299. The van der Waals surface area contributed by atoms with E-state index in [1.54, 1.807) is 7.05 Å². The molecule has 0 amide bonds. The maximum Gasteiger partial charge on any atom is 0.325 e. The molecule has 0 radical (unpaired) electrons. The summed E-state index contributed by atoms with van der Waals surface area (Å²) in [6.45, 7) is 0. The molecule has 1 fully saturated rings. The third-order valence-corrected chi connectivity index (χ3v) is 5.39. The zero-order valence-corrected chi connectivity index (χ0v) is 11.7. The van der Waals surface area contributed by atoms with Gasteiger partial charge in [-0.05, 0) is 25.8 Å². The molecule has 0 aromatic heterocycles. The molecule has 0 spiro atoms. The van der Waals surface area contributed by atoms with E-state index < -0.39 is 21.3 Å². The van der Waals surface area contributed by atoms with Gasteiger partial charge in [-0.25, -0.2) is 8.42 Å². The lowest BCUT2D eigenvalue weighted by atomic mass is 9.96. The number of hydrogen-bond donors (Lipinski definition) is 2. The molecule has 0 heterocycles. The molecule has 0 saturated heterocycles. The largest absolute Gasteiger partial charge is 0.480 e. The predicted molar refractivity (Wildman–Crippen MR) is 69.2 cm³/mol. The standard InChI is InChI=1S/C10H19NO4S2/c1-11-10(9(12)13,8-3-4-8)7-16-5-6-17(2,14)15/h8,11H,3-7H2,1-2H3,(H,12,13). The van der Waals surface area contributed by atoms with Crippen molar-refractivity contribution >= 4 is 27.6 Å². The minimum Gasteiger partial charge on any atom is -0.480 e. The van der Waals surface area contributed by atoms with Crippen molar-refractivity contribution in [3.63, 3.8) is 0 Å². The number of hydrogen-bond acceptors (Lipinski definition) is 5. The van der Waals surface area contributed by atoms with Crippen LogP contribution in [0, 0.1) is 5.92 Å². The summed E-state index contributed by atoms with van der Waals surface area (Å²) in [6.07, 6.45) is 3.05. The number of aliphatic carboxylic acids is 1. The van der Waals surface area contributed by atoms with E-state index >= 15 is 0 Å². The quantitative estimate of drug-likeness (QED) is 0.619. The Balaban J connectivity index is 2.48. The van der Waals surface area contributed by atoms with Crippen LogP contribution in [0.4, 0.5) is 0 Å². The third kappa shape index (κ3) is 4.15. The first-order chi connectivity index (χ1) is 7.82. The lowest BCUT2D eigenvalue weighted by Gasteiger charge is -2.28. The van der Waals surface area contributed by atoms with E-state index in [0.717, 1.165) is 12.8 Å². The summed E-state index contributed by atoms with van der Waals surface area (Å²) in [4.78, 5) is 11.3. The van der Waals surface area contributed by atoms with Gasteiger partial charge in [0.05, 0.1) is 5.75 Å². The van der Waals surface area contributed by atoms with Crippen molar-refractivity contribution in [2.75, 3.05) is 30.6 Å². The molecule has 0 aliphatic heterocycles. The fourth-order valence-electron chi connectivity index (χ4n) is 1.76. The van der Waals surface area contributed by atoms with Gasteiger partial charge in [-0.3, -0.25) is 4.79 Å². The van der Waals surface area contributed by atoms with Gasteiger partial charge in [-0.2, -0.15) is 11.8 Å². The number of rotatable bonds is 8. The predicted octanol–water partition coefficient (Wildman–Crippen LogP) is 0.217. The number of carboxylic acids is 1. The first-order valence-corrected chi connectivity index (χ1v) is 8.71. The monoisotopic (exact) mass is 281 g/mol. The molecule has 1 unspecified atom stereocenters. The fraction of sp³-hybridized carbons (Fsp3) is 0.900. The van der Waals surface area contributed by atoms with Gasteiger partial charge in [0, 0.05) is 17.8 Å². The zero-order valence-electron chi connectivity index (χ0n) is 10.1. The van der Waals surface area contributed by atoms with E-state index in [0.29, 0.717) is 11.5 Å². The molecule has 2 N–H and O–H groups in total. The van der Waals surface area contributed by atoms with Crippen LogP contribution in [-0.4, -0.2) is 55.6 Å². The molecule has 0 aromatic rings. The van der Waals surface area contributed by atoms with E-state index in [4.69, 9.17) is 0 Å². The highest BCUT2D eigenvalue weighted by Crippen LogP contribution is 2.41. The maximum absolute atomic E-state index is 11.3. The first-order valence-electron chi connectivity index (χ1n) is 5.49. The van der Waals surface area contributed by atoms with Crippen LogP contribution >= 0.6 is 11.8 Å². The van der Waals surface area contributed by atoms with Crippen molar-refractivity contribution < 1.29 is 18.3 Å². The second kappa shape index (κ2) is 5.58. The third-order valence-electron chi connectivity index (χ3n) is 3.03. The highest BCUT2D eigenvalue weighted by molar-refractivity contribution is 8.00. The van der Waals surface area contributed by atoms with Crippen molar-refractivity contribution in [3.8, 4) is 0 Å². The molecule has 1 aliphatic carbocycles. The minimum absolute atomic E-state index is 0.0990. The Labute approximate surface area is 106 Å². The lowest BCUT2D eigenvalue weighted by molar-refractivity contribution is -0.144. The molecule has 1 saturated carbocycles. The zero-order chi connectivity index (χ0) is 13.1. The van der Waals surface area contributed by atoms with Gasteiger partial charge >= 0.3 is 5.97 Å². The van der Waals surface area contributed by atoms with Crippen LogP contribution in [0.5, 0.6) is 0 Å². The van der Waals surface area contributed by atoms with Crippen molar-refractivity contribution in [3.05, 3.63) is 0 Å². The van der Waals surface area contributed by atoms with E-state index in [-0.39, 0.29) is 11.7 Å². The molecular formula is C10H19NO4S2.